The third-order valence-corrected chi connectivity index (χ3v) is 4.51. The molecule has 23 heavy (non-hydrogen) atoms. The van der Waals surface area contributed by atoms with Crippen LogP contribution >= 0.6 is 0 Å². The second-order valence-electron chi connectivity index (χ2n) is 6.64. The van der Waals surface area contributed by atoms with Gasteiger partial charge in [-0.1, -0.05) is 0 Å². The zero-order chi connectivity index (χ0) is 15.6. The molecule has 6 nitrogen and oxygen atoms in total. The van der Waals surface area contributed by atoms with Gasteiger partial charge in [0, 0.05) is 30.5 Å². The van der Waals surface area contributed by atoms with E-state index in [-0.39, 0.29) is 0 Å². The van der Waals surface area contributed by atoms with E-state index in [1.54, 1.807) is 12.4 Å². The molecule has 2 aliphatic rings. The van der Waals surface area contributed by atoms with Crippen LogP contribution in [0.15, 0.2) is 24.5 Å². The highest BCUT2D eigenvalue weighted by Crippen LogP contribution is 2.34. The van der Waals surface area contributed by atoms with Crippen molar-refractivity contribution in [2.45, 2.75) is 38.6 Å². The Hall–Kier alpha value is -2.24. The molecule has 4 rings (SSSR count). The van der Waals surface area contributed by atoms with E-state index in [0.717, 1.165) is 23.9 Å². The summed E-state index contributed by atoms with van der Waals surface area (Å²) >= 11 is 0. The van der Waals surface area contributed by atoms with E-state index < -0.39 is 0 Å². The lowest BCUT2D eigenvalue weighted by atomic mass is 10.2. The predicted molar refractivity (Wildman–Crippen MR) is 90.1 cm³/mol. The molecule has 0 radical (unpaired) electrons. The molecule has 2 N–H and O–H groups in total. The molecule has 0 saturated heterocycles. The molecule has 0 bridgehead atoms. The largest absolute Gasteiger partial charge is 0.354 e. The Morgan fingerprint density at radius 3 is 2.48 bits per heavy atom. The summed E-state index contributed by atoms with van der Waals surface area (Å²) in [5.74, 6) is 3.52. The Morgan fingerprint density at radius 2 is 1.78 bits per heavy atom. The van der Waals surface area contributed by atoms with Crippen LogP contribution < -0.4 is 10.6 Å². The number of pyridine rings is 1. The minimum Gasteiger partial charge on any atom is -0.354 e. The van der Waals surface area contributed by atoms with E-state index in [1.807, 2.05) is 12.1 Å². The molecular formula is C17H22N6. The van der Waals surface area contributed by atoms with Gasteiger partial charge in [0.1, 0.15) is 0 Å². The average molecular weight is 310 g/mol. The van der Waals surface area contributed by atoms with Gasteiger partial charge >= 0.3 is 0 Å². The zero-order valence-corrected chi connectivity index (χ0v) is 13.4. The van der Waals surface area contributed by atoms with Crippen LogP contribution in [0.4, 0.5) is 11.9 Å². The molecule has 2 fully saturated rings. The van der Waals surface area contributed by atoms with E-state index in [9.17, 15) is 0 Å². The Labute approximate surface area is 136 Å². The molecule has 0 aromatic carbocycles. The highest BCUT2D eigenvalue weighted by atomic mass is 15.2. The molecule has 6 heteroatoms. The molecule has 2 saturated carbocycles. The summed E-state index contributed by atoms with van der Waals surface area (Å²) in [6.07, 6.45) is 8.72. The van der Waals surface area contributed by atoms with Crippen LogP contribution in [-0.2, 0) is 0 Å². The van der Waals surface area contributed by atoms with Crippen molar-refractivity contribution in [1.29, 1.82) is 0 Å². The number of nitrogens with one attached hydrogen (secondary N) is 2. The monoisotopic (exact) mass is 310 g/mol. The quantitative estimate of drug-likeness (QED) is 0.819. The van der Waals surface area contributed by atoms with E-state index >= 15 is 0 Å². The van der Waals surface area contributed by atoms with E-state index in [2.05, 4.69) is 37.5 Å². The lowest BCUT2D eigenvalue weighted by molar-refractivity contribution is 0.685. The van der Waals surface area contributed by atoms with Crippen molar-refractivity contribution < 1.29 is 0 Å². The molecule has 0 amide bonds. The topological polar surface area (TPSA) is 75.6 Å². The maximum absolute atomic E-state index is 4.60. The zero-order valence-electron chi connectivity index (χ0n) is 13.4. The number of nitrogens with zero attached hydrogens (tertiary/aromatic N) is 4. The van der Waals surface area contributed by atoms with Gasteiger partial charge in [0.15, 0.2) is 5.82 Å². The smallest absolute Gasteiger partial charge is 0.228 e. The third-order valence-electron chi connectivity index (χ3n) is 4.51. The van der Waals surface area contributed by atoms with Crippen molar-refractivity contribution in [3.63, 3.8) is 0 Å². The Balaban J connectivity index is 1.59. The summed E-state index contributed by atoms with van der Waals surface area (Å²) in [6.45, 7) is 3.14. The lowest BCUT2D eigenvalue weighted by Crippen LogP contribution is -2.20. The molecule has 0 aliphatic heterocycles. The van der Waals surface area contributed by atoms with Gasteiger partial charge in [-0.15, -0.1) is 0 Å². The van der Waals surface area contributed by atoms with Crippen molar-refractivity contribution in [3.05, 3.63) is 24.5 Å². The summed E-state index contributed by atoms with van der Waals surface area (Å²) in [5.41, 5.74) is 0.957. The first-order valence-electron chi connectivity index (χ1n) is 8.45. The summed E-state index contributed by atoms with van der Waals surface area (Å²) in [6, 6.07) is 4.25. The normalized spacial score (nSPS) is 18.5. The lowest BCUT2D eigenvalue weighted by Gasteiger charge is -2.14. The maximum atomic E-state index is 4.60. The fourth-order valence-corrected chi connectivity index (χ4v) is 2.62. The standard InChI is InChI=1S/C17H22N6/c1-11(13-4-5-13)20-17-22-15(14-6-8-18-9-7-14)21-16(23-17)19-10-12-2-3-12/h6-9,11-13H,2-5,10H2,1H3,(H2,19,20,21,22,23). The molecule has 1 unspecified atom stereocenters. The van der Waals surface area contributed by atoms with Gasteiger partial charge < -0.3 is 10.6 Å². The number of rotatable bonds is 7. The van der Waals surface area contributed by atoms with Gasteiger partial charge in [-0.25, -0.2) is 0 Å². The first-order valence-corrected chi connectivity index (χ1v) is 8.45. The van der Waals surface area contributed by atoms with Gasteiger partial charge in [0.25, 0.3) is 0 Å². The van der Waals surface area contributed by atoms with Crippen LogP contribution in [0.3, 0.4) is 0 Å². The molecule has 120 valence electrons. The molecule has 1 atom stereocenters. The Bertz CT molecular complexity index is 666. The average Bonchev–Trinajstić information content (AvgIpc) is 3.47. The van der Waals surface area contributed by atoms with Crippen LogP contribution in [-0.4, -0.2) is 32.5 Å². The second-order valence-corrected chi connectivity index (χ2v) is 6.64. The number of hydrogen-bond acceptors (Lipinski definition) is 6. The van der Waals surface area contributed by atoms with Gasteiger partial charge in [-0.3, -0.25) is 4.98 Å². The van der Waals surface area contributed by atoms with Crippen LogP contribution in [0.25, 0.3) is 11.4 Å². The summed E-state index contributed by atoms with van der Waals surface area (Å²) < 4.78 is 0. The minimum atomic E-state index is 0.402. The van der Waals surface area contributed by atoms with Crippen LogP contribution in [0.5, 0.6) is 0 Å². The predicted octanol–water partition coefficient (Wildman–Crippen LogP) is 2.97. The van der Waals surface area contributed by atoms with E-state index in [4.69, 9.17) is 0 Å². The summed E-state index contributed by atoms with van der Waals surface area (Å²) in [5, 5.41) is 6.80. The fraction of sp³-hybridized carbons (Fsp3) is 0.529. The number of aromatic nitrogens is 4. The SMILES string of the molecule is CC(Nc1nc(NCC2CC2)nc(-c2ccncc2)n1)C1CC1. The summed E-state index contributed by atoms with van der Waals surface area (Å²) in [4.78, 5) is 17.8. The van der Waals surface area contributed by atoms with Gasteiger partial charge in [0.05, 0.1) is 0 Å². The molecule has 2 aromatic rings. The van der Waals surface area contributed by atoms with Crippen molar-refractivity contribution in [3.8, 4) is 11.4 Å². The van der Waals surface area contributed by atoms with Crippen LogP contribution in [0, 0.1) is 11.8 Å². The van der Waals surface area contributed by atoms with Crippen molar-refractivity contribution in [2.75, 3.05) is 17.2 Å². The highest BCUT2D eigenvalue weighted by molar-refractivity contribution is 5.57. The first-order chi connectivity index (χ1) is 11.3. The second kappa shape index (κ2) is 6.10. The van der Waals surface area contributed by atoms with Crippen molar-refractivity contribution in [2.24, 2.45) is 11.8 Å². The van der Waals surface area contributed by atoms with Gasteiger partial charge in [-0.2, -0.15) is 15.0 Å². The van der Waals surface area contributed by atoms with Crippen LogP contribution in [0.2, 0.25) is 0 Å². The van der Waals surface area contributed by atoms with Crippen molar-refractivity contribution in [1.82, 2.24) is 19.9 Å². The molecule has 0 spiro atoms. The molecule has 2 heterocycles. The molecule has 2 aromatic heterocycles. The molecule has 2 aliphatic carbocycles. The maximum Gasteiger partial charge on any atom is 0.228 e. The first kappa shape index (κ1) is 14.4. The van der Waals surface area contributed by atoms with E-state index in [1.165, 1.54) is 25.7 Å². The Kier molecular flexibility index (Phi) is 3.81. The third kappa shape index (κ3) is 3.75. The highest BCUT2D eigenvalue weighted by Gasteiger charge is 2.28. The van der Waals surface area contributed by atoms with Crippen molar-refractivity contribution >= 4 is 11.9 Å². The van der Waals surface area contributed by atoms with Gasteiger partial charge in [-0.05, 0) is 56.6 Å². The fourth-order valence-electron chi connectivity index (χ4n) is 2.62. The van der Waals surface area contributed by atoms with Gasteiger partial charge in [0.2, 0.25) is 11.9 Å². The number of anilines is 2. The minimum absolute atomic E-state index is 0.402. The number of hydrogen-bond donors (Lipinski definition) is 2. The van der Waals surface area contributed by atoms with E-state index in [0.29, 0.717) is 23.8 Å². The Morgan fingerprint density at radius 1 is 1.04 bits per heavy atom. The van der Waals surface area contributed by atoms with Crippen LogP contribution in [0.1, 0.15) is 32.6 Å². The summed E-state index contributed by atoms with van der Waals surface area (Å²) in [7, 11) is 0. The molecular weight excluding hydrogens is 288 g/mol.